The van der Waals surface area contributed by atoms with Gasteiger partial charge in [-0.05, 0) is 12.0 Å². The number of hydrogen-bond acceptors (Lipinski definition) is 2. The van der Waals surface area contributed by atoms with Crippen LogP contribution in [0, 0.1) is 5.41 Å². The van der Waals surface area contributed by atoms with Crippen molar-refractivity contribution in [1.29, 1.82) is 0 Å². The van der Waals surface area contributed by atoms with Crippen LogP contribution in [0.3, 0.4) is 0 Å². The Morgan fingerprint density at radius 3 is 2.93 bits per heavy atom. The van der Waals surface area contributed by atoms with Gasteiger partial charge in [0, 0.05) is 12.0 Å². The summed E-state index contributed by atoms with van der Waals surface area (Å²) in [5.41, 5.74) is 2.03. The Bertz CT molecular complexity index is 375. The predicted molar refractivity (Wildman–Crippen MR) is 57.2 cm³/mol. The van der Waals surface area contributed by atoms with Gasteiger partial charge < -0.3 is 4.90 Å². The summed E-state index contributed by atoms with van der Waals surface area (Å²) in [5, 5.41) is 6.95. The van der Waals surface area contributed by atoms with E-state index in [1.807, 2.05) is 31.9 Å². The molecule has 2 rings (SSSR count). The number of fused-ring (bicyclic) bond motifs is 1. The fourth-order valence-corrected chi connectivity index (χ4v) is 1.86. The minimum absolute atomic E-state index is 0.211. The first-order valence-corrected chi connectivity index (χ1v) is 5.29. The van der Waals surface area contributed by atoms with E-state index in [1.54, 1.807) is 0 Å². The molecule has 0 bridgehead atoms. The highest BCUT2D eigenvalue weighted by Crippen LogP contribution is 2.22. The molecule has 0 saturated heterocycles. The van der Waals surface area contributed by atoms with Crippen LogP contribution in [0.1, 0.15) is 32.0 Å². The zero-order valence-electron chi connectivity index (χ0n) is 9.50. The first-order chi connectivity index (χ1) is 6.98. The molecule has 1 amide bonds. The van der Waals surface area contributed by atoms with Crippen molar-refractivity contribution in [2.45, 2.75) is 33.7 Å². The zero-order valence-corrected chi connectivity index (χ0v) is 9.50. The van der Waals surface area contributed by atoms with Gasteiger partial charge in [0.05, 0.1) is 18.4 Å². The van der Waals surface area contributed by atoms with E-state index in [4.69, 9.17) is 0 Å². The molecule has 0 radical (unpaired) electrons. The molecule has 0 fully saturated rings. The van der Waals surface area contributed by atoms with E-state index in [0.29, 0.717) is 6.54 Å². The molecule has 0 aromatic carbocycles. The number of H-pyrrole nitrogens is 1. The number of aromatic nitrogens is 2. The summed E-state index contributed by atoms with van der Waals surface area (Å²) in [5.74, 6) is 0.211. The Kier molecular flexibility index (Phi) is 2.29. The molecule has 0 aliphatic carbocycles. The van der Waals surface area contributed by atoms with Crippen molar-refractivity contribution in [2.24, 2.45) is 5.41 Å². The first-order valence-electron chi connectivity index (χ1n) is 5.29. The Labute approximate surface area is 89.7 Å². The number of nitrogens with zero attached hydrogens (tertiary/aromatic N) is 2. The van der Waals surface area contributed by atoms with Crippen LogP contribution in [0.2, 0.25) is 0 Å². The molecular formula is C11H17N3O. The van der Waals surface area contributed by atoms with E-state index >= 15 is 0 Å². The second kappa shape index (κ2) is 3.36. The van der Waals surface area contributed by atoms with Crippen molar-refractivity contribution in [2.75, 3.05) is 6.54 Å². The zero-order chi connectivity index (χ0) is 11.1. The van der Waals surface area contributed by atoms with Gasteiger partial charge in [0.15, 0.2) is 0 Å². The van der Waals surface area contributed by atoms with Gasteiger partial charge in [-0.1, -0.05) is 20.8 Å². The summed E-state index contributed by atoms with van der Waals surface area (Å²) in [4.78, 5) is 13.9. The van der Waals surface area contributed by atoms with Crippen molar-refractivity contribution >= 4 is 5.91 Å². The Morgan fingerprint density at radius 2 is 2.27 bits per heavy atom. The van der Waals surface area contributed by atoms with E-state index in [9.17, 15) is 4.79 Å². The summed E-state index contributed by atoms with van der Waals surface area (Å²) < 4.78 is 0. The van der Waals surface area contributed by atoms with Crippen LogP contribution in [0.4, 0.5) is 0 Å². The fourth-order valence-electron chi connectivity index (χ4n) is 1.86. The maximum atomic E-state index is 12.0. The average Bonchev–Trinajstić information content (AvgIpc) is 2.61. The monoisotopic (exact) mass is 207 g/mol. The van der Waals surface area contributed by atoms with Gasteiger partial charge in [-0.3, -0.25) is 9.89 Å². The van der Waals surface area contributed by atoms with Crippen LogP contribution in [0.15, 0.2) is 6.20 Å². The van der Waals surface area contributed by atoms with Gasteiger partial charge in [0.25, 0.3) is 0 Å². The van der Waals surface area contributed by atoms with E-state index in [-0.39, 0.29) is 11.3 Å². The molecule has 1 N–H and O–H groups in total. The van der Waals surface area contributed by atoms with Gasteiger partial charge in [0.1, 0.15) is 0 Å². The lowest BCUT2D eigenvalue weighted by atomic mass is 9.93. The maximum Gasteiger partial charge on any atom is 0.228 e. The molecule has 0 saturated carbocycles. The van der Waals surface area contributed by atoms with Crippen molar-refractivity contribution < 1.29 is 4.79 Å². The fraction of sp³-hybridized carbons (Fsp3) is 0.636. The smallest absolute Gasteiger partial charge is 0.228 e. The predicted octanol–water partition coefficient (Wildman–Crippen LogP) is 1.34. The molecule has 4 nitrogen and oxygen atoms in total. The molecule has 0 spiro atoms. The highest BCUT2D eigenvalue weighted by molar-refractivity contribution is 5.81. The van der Waals surface area contributed by atoms with Crippen molar-refractivity contribution in [3.8, 4) is 0 Å². The number of aromatic amines is 1. The molecule has 0 atom stereocenters. The summed E-state index contributed by atoms with van der Waals surface area (Å²) >= 11 is 0. The number of hydrogen-bond donors (Lipinski definition) is 1. The second-order valence-corrected chi connectivity index (χ2v) is 5.10. The topological polar surface area (TPSA) is 49.0 Å². The Balaban J connectivity index is 2.14. The number of amides is 1. The Morgan fingerprint density at radius 1 is 1.53 bits per heavy atom. The molecule has 0 unspecified atom stereocenters. The molecule has 1 aliphatic rings. The van der Waals surface area contributed by atoms with Crippen LogP contribution < -0.4 is 0 Å². The van der Waals surface area contributed by atoms with Gasteiger partial charge >= 0.3 is 0 Å². The lowest BCUT2D eigenvalue weighted by Crippen LogP contribution is -2.42. The van der Waals surface area contributed by atoms with Crippen molar-refractivity contribution in [3.63, 3.8) is 0 Å². The summed E-state index contributed by atoms with van der Waals surface area (Å²) in [6.07, 6.45) is 2.77. The quantitative estimate of drug-likeness (QED) is 0.698. The lowest BCUT2D eigenvalue weighted by Gasteiger charge is -2.32. The third-order valence-corrected chi connectivity index (χ3v) is 2.74. The standard InChI is InChI=1S/C11H17N3O/c1-11(2,3)10(15)14-5-4-8-6-12-13-9(8)7-14/h6H,4-5,7H2,1-3H3,(H,12,13). The minimum atomic E-state index is -0.294. The lowest BCUT2D eigenvalue weighted by molar-refractivity contribution is -0.140. The molecule has 1 aliphatic heterocycles. The maximum absolute atomic E-state index is 12.0. The van der Waals surface area contributed by atoms with Gasteiger partial charge in [-0.2, -0.15) is 5.10 Å². The molecule has 82 valence electrons. The average molecular weight is 207 g/mol. The molecule has 4 heteroatoms. The minimum Gasteiger partial charge on any atom is -0.336 e. The van der Waals surface area contributed by atoms with Crippen LogP contribution >= 0.6 is 0 Å². The highest BCUT2D eigenvalue weighted by atomic mass is 16.2. The van der Waals surface area contributed by atoms with Gasteiger partial charge in [0.2, 0.25) is 5.91 Å². The van der Waals surface area contributed by atoms with Gasteiger partial charge in [-0.15, -0.1) is 0 Å². The molecule has 15 heavy (non-hydrogen) atoms. The number of carbonyl (C=O) groups is 1. The second-order valence-electron chi connectivity index (χ2n) is 5.10. The first kappa shape index (κ1) is 10.2. The van der Waals surface area contributed by atoms with E-state index in [0.717, 1.165) is 18.7 Å². The molecular weight excluding hydrogens is 190 g/mol. The molecule has 2 heterocycles. The van der Waals surface area contributed by atoms with Crippen molar-refractivity contribution in [3.05, 3.63) is 17.5 Å². The number of rotatable bonds is 0. The number of carbonyl (C=O) groups excluding carboxylic acids is 1. The third kappa shape index (κ3) is 1.89. The normalized spacial score (nSPS) is 16.3. The van der Waals surface area contributed by atoms with E-state index < -0.39 is 0 Å². The highest BCUT2D eigenvalue weighted by Gasteiger charge is 2.29. The van der Waals surface area contributed by atoms with Crippen molar-refractivity contribution in [1.82, 2.24) is 15.1 Å². The summed E-state index contributed by atoms with van der Waals surface area (Å²) in [6, 6.07) is 0. The summed E-state index contributed by atoms with van der Waals surface area (Å²) in [6.45, 7) is 7.35. The van der Waals surface area contributed by atoms with Crippen LogP contribution in [0.25, 0.3) is 0 Å². The van der Waals surface area contributed by atoms with Crippen LogP contribution in [-0.4, -0.2) is 27.5 Å². The summed E-state index contributed by atoms with van der Waals surface area (Å²) in [7, 11) is 0. The van der Waals surface area contributed by atoms with E-state index in [2.05, 4.69) is 10.2 Å². The Hall–Kier alpha value is -1.32. The van der Waals surface area contributed by atoms with Gasteiger partial charge in [-0.25, -0.2) is 0 Å². The third-order valence-electron chi connectivity index (χ3n) is 2.74. The van der Waals surface area contributed by atoms with E-state index in [1.165, 1.54) is 5.56 Å². The largest absolute Gasteiger partial charge is 0.336 e. The van der Waals surface area contributed by atoms with Crippen LogP contribution in [-0.2, 0) is 17.8 Å². The van der Waals surface area contributed by atoms with Crippen LogP contribution in [0.5, 0.6) is 0 Å². The molecule has 1 aromatic rings. The SMILES string of the molecule is CC(C)(C)C(=O)N1CCc2cn[nH]c2C1. The number of nitrogens with one attached hydrogen (secondary N) is 1. The molecule has 1 aromatic heterocycles.